The van der Waals surface area contributed by atoms with E-state index in [1.807, 2.05) is 32.0 Å². The molecule has 0 spiro atoms. The molecular formula is C22H28O4. The van der Waals surface area contributed by atoms with Gasteiger partial charge in [-0.3, -0.25) is 4.79 Å². The van der Waals surface area contributed by atoms with Crippen LogP contribution in [0.5, 0.6) is 5.75 Å². The molecule has 4 heteroatoms. The van der Waals surface area contributed by atoms with Crippen molar-refractivity contribution in [2.45, 2.75) is 52.4 Å². The van der Waals surface area contributed by atoms with Gasteiger partial charge in [0.05, 0.1) is 0 Å². The van der Waals surface area contributed by atoms with Gasteiger partial charge in [0, 0.05) is 5.41 Å². The molecule has 1 aromatic carbocycles. The van der Waals surface area contributed by atoms with Crippen LogP contribution >= 0.6 is 0 Å². The van der Waals surface area contributed by atoms with Gasteiger partial charge in [-0.2, -0.15) is 0 Å². The van der Waals surface area contributed by atoms with E-state index < -0.39 is 5.97 Å². The number of carbonyl (C=O) groups is 2. The van der Waals surface area contributed by atoms with Crippen molar-refractivity contribution in [2.24, 2.45) is 23.2 Å². The molecule has 0 unspecified atom stereocenters. The van der Waals surface area contributed by atoms with Gasteiger partial charge in [-0.05, 0) is 93.4 Å². The molecule has 5 rings (SSSR count). The zero-order valence-electron chi connectivity index (χ0n) is 15.8. The van der Waals surface area contributed by atoms with Crippen molar-refractivity contribution in [1.29, 1.82) is 0 Å². The molecule has 4 aliphatic carbocycles. The van der Waals surface area contributed by atoms with E-state index in [4.69, 9.17) is 9.47 Å². The van der Waals surface area contributed by atoms with E-state index in [1.165, 1.54) is 24.8 Å². The van der Waals surface area contributed by atoms with Gasteiger partial charge in [0.15, 0.2) is 19.0 Å². The third kappa shape index (κ3) is 3.38. The van der Waals surface area contributed by atoms with Crippen molar-refractivity contribution in [3.63, 3.8) is 0 Å². The molecule has 0 N–H and O–H groups in total. The molecule has 0 atom stereocenters. The lowest BCUT2D eigenvalue weighted by molar-refractivity contribution is -0.158. The van der Waals surface area contributed by atoms with E-state index >= 15 is 0 Å². The highest BCUT2D eigenvalue weighted by Crippen LogP contribution is 2.60. The van der Waals surface area contributed by atoms with E-state index in [0.29, 0.717) is 23.5 Å². The first-order valence-electron chi connectivity index (χ1n) is 9.82. The first-order chi connectivity index (χ1) is 12.4. The lowest BCUT2D eigenvalue weighted by Gasteiger charge is -2.55. The zero-order chi connectivity index (χ0) is 18.3. The molecule has 0 aliphatic heterocycles. The highest BCUT2D eigenvalue weighted by molar-refractivity contribution is 5.88. The van der Waals surface area contributed by atoms with Gasteiger partial charge in [-0.15, -0.1) is 0 Å². The van der Waals surface area contributed by atoms with E-state index in [9.17, 15) is 9.59 Å². The molecule has 0 aromatic heterocycles. The molecule has 4 bridgehead atoms. The maximum absolute atomic E-state index is 12.8. The summed E-state index contributed by atoms with van der Waals surface area (Å²) in [5.74, 6) is 2.46. The molecule has 0 heterocycles. The summed E-state index contributed by atoms with van der Waals surface area (Å²) in [6.07, 6.45) is 6.93. The average Bonchev–Trinajstić information content (AvgIpc) is 2.59. The van der Waals surface area contributed by atoms with Crippen LogP contribution < -0.4 is 4.74 Å². The number of hydrogen-bond donors (Lipinski definition) is 0. The van der Waals surface area contributed by atoms with E-state index in [1.54, 1.807) is 0 Å². The SMILES string of the molecule is Cc1ccc(OCC(=O)OCC(=O)C23CC4CC(CC(C4)C2)C3)cc1C. The van der Waals surface area contributed by atoms with Crippen LogP contribution in [0.4, 0.5) is 0 Å². The summed E-state index contributed by atoms with van der Waals surface area (Å²) in [6, 6.07) is 5.71. The van der Waals surface area contributed by atoms with Crippen molar-refractivity contribution in [2.75, 3.05) is 13.2 Å². The van der Waals surface area contributed by atoms with Gasteiger partial charge in [0.1, 0.15) is 5.75 Å². The van der Waals surface area contributed by atoms with Crippen molar-refractivity contribution >= 4 is 11.8 Å². The number of hydrogen-bond acceptors (Lipinski definition) is 4. The number of benzene rings is 1. The summed E-state index contributed by atoms with van der Waals surface area (Å²) in [7, 11) is 0. The van der Waals surface area contributed by atoms with Crippen molar-refractivity contribution in [3.8, 4) is 5.75 Å². The summed E-state index contributed by atoms with van der Waals surface area (Å²) < 4.78 is 10.8. The van der Waals surface area contributed by atoms with E-state index in [2.05, 4.69) is 0 Å². The Labute approximate surface area is 155 Å². The fraction of sp³-hybridized carbons (Fsp3) is 0.636. The van der Waals surface area contributed by atoms with Gasteiger partial charge in [-0.25, -0.2) is 4.79 Å². The maximum atomic E-state index is 12.8. The second-order valence-corrected chi connectivity index (χ2v) is 8.82. The minimum absolute atomic E-state index is 0.0960. The fourth-order valence-electron chi connectivity index (χ4n) is 5.74. The van der Waals surface area contributed by atoms with E-state index in [-0.39, 0.29) is 24.4 Å². The van der Waals surface area contributed by atoms with Crippen LogP contribution in [0.15, 0.2) is 18.2 Å². The number of ketones is 1. The number of rotatable bonds is 6. The van der Waals surface area contributed by atoms with Crippen LogP contribution in [0.2, 0.25) is 0 Å². The lowest BCUT2D eigenvalue weighted by Crippen LogP contribution is -2.51. The Bertz CT molecular complexity index is 686. The monoisotopic (exact) mass is 356 g/mol. The van der Waals surface area contributed by atoms with Gasteiger partial charge >= 0.3 is 5.97 Å². The third-order valence-electron chi connectivity index (χ3n) is 6.83. The highest BCUT2D eigenvalue weighted by atomic mass is 16.6. The van der Waals surface area contributed by atoms with Gasteiger partial charge in [0.25, 0.3) is 0 Å². The van der Waals surface area contributed by atoms with Crippen LogP contribution in [-0.2, 0) is 14.3 Å². The molecule has 0 amide bonds. The molecule has 0 radical (unpaired) electrons. The molecule has 4 saturated carbocycles. The van der Waals surface area contributed by atoms with Crippen molar-refractivity contribution in [1.82, 2.24) is 0 Å². The fourth-order valence-corrected chi connectivity index (χ4v) is 5.74. The number of esters is 1. The molecule has 1 aromatic rings. The van der Waals surface area contributed by atoms with Gasteiger partial charge < -0.3 is 9.47 Å². The molecule has 4 aliphatic rings. The second kappa shape index (κ2) is 6.71. The summed E-state index contributed by atoms with van der Waals surface area (Å²) in [6.45, 7) is 3.78. The topological polar surface area (TPSA) is 52.6 Å². The summed E-state index contributed by atoms with van der Waals surface area (Å²) in [4.78, 5) is 24.8. The highest BCUT2D eigenvalue weighted by Gasteiger charge is 2.54. The average molecular weight is 356 g/mol. The predicted octanol–water partition coefficient (Wildman–Crippen LogP) is 4.01. The van der Waals surface area contributed by atoms with Crippen molar-refractivity contribution < 1.29 is 19.1 Å². The summed E-state index contributed by atoms with van der Waals surface area (Å²) >= 11 is 0. The summed E-state index contributed by atoms with van der Waals surface area (Å²) in [5.41, 5.74) is 2.10. The quantitative estimate of drug-likeness (QED) is 0.723. The number of ether oxygens (including phenoxy) is 2. The Morgan fingerprint density at radius 3 is 2.15 bits per heavy atom. The zero-order valence-corrected chi connectivity index (χ0v) is 15.8. The van der Waals surface area contributed by atoms with Crippen LogP contribution in [0.3, 0.4) is 0 Å². The predicted molar refractivity (Wildman–Crippen MR) is 98.0 cm³/mol. The Kier molecular flexibility index (Phi) is 4.54. The van der Waals surface area contributed by atoms with Gasteiger partial charge in [0.2, 0.25) is 0 Å². The Morgan fingerprint density at radius 1 is 0.962 bits per heavy atom. The minimum atomic E-state index is -0.471. The third-order valence-corrected chi connectivity index (χ3v) is 6.83. The normalized spacial score (nSPS) is 31.7. The van der Waals surface area contributed by atoms with Crippen LogP contribution in [0.25, 0.3) is 0 Å². The molecule has 26 heavy (non-hydrogen) atoms. The first-order valence-corrected chi connectivity index (χ1v) is 9.82. The number of Topliss-reactive ketones (excluding diaryl/α,β-unsaturated/α-hetero) is 1. The molecule has 140 valence electrons. The second-order valence-electron chi connectivity index (χ2n) is 8.82. The smallest absolute Gasteiger partial charge is 0.344 e. The summed E-state index contributed by atoms with van der Waals surface area (Å²) in [5, 5.41) is 0. The first kappa shape index (κ1) is 17.6. The largest absolute Gasteiger partial charge is 0.482 e. The van der Waals surface area contributed by atoms with Gasteiger partial charge in [-0.1, -0.05) is 6.07 Å². The van der Waals surface area contributed by atoms with E-state index in [0.717, 1.165) is 24.8 Å². The van der Waals surface area contributed by atoms with Crippen molar-refractivity contribution in [3.05, 3.63) is 29.3 Å². The van der Waals surface area contributed by atoms with Crippen LogP contribution in [0, 0.1) is 37.0 Å². The lowest BCUT2D eigenvalue weighted by atomic mass is 9.48. The minimum Gasteiger partial charge on any atom is -0.482 e. The molecule has 0 saturated heterocycles. The van der Waals surface area contributed by atoms with Crippen LogP contribution in [0.1, 0.15) is 49.7 Å². The molecule has 4 nitrogen and oxygen atoms in total. The Balaban J connectivity index is 1.28. The Hall–Kier alpha value is -1.84. The van der Waals surface area contributed by atoms with Crippen LogP contribution in [-0.4, -0.2) is 25.0 Å². The number of aryl methyl sites for hydroxylation is 2. The maximum Gasteiger partial charge on any atom is 0.344 e. The standard InChI is InChI=1S/C22H28O4/c1-14-3-4-19(5-15(14)2)25-13-21(24)26-12-20(23)22-9-16-6-17(10-22)8-18(7-16)11-22/h3-5,16-18H,6-13H2,1-2H3. The molecular weight excluding hydrogens is 328 g/mol. The molecule has 4 fully saturated rings. The Morgan fingerprint density at radius 2 is 1.58 bits per heavy atom. The number of carbonyl (C=O) groups excluding carboxylic acids is 2.